The number of rotatable bonds is 5. The van der Waals surface area contributed by atoms with Gasteiger partial charge in [-0.05, 0) is 152 Å². The van der Waals surface area contributed by atoms with E-state index >= 15 is 0 Å². The summed E-state index contributed by atoms with van der Waals surface area (Å²) in [6, 6.07) is 104. The molecule has 2 aliphatic carbocycles. The van der Waals surface area contributed by atoms with Gasteiger partial charge in [0, 0.05) is 54.4 Å². The summed E-state index contributed by atoms with van der Waals surface area (Å²) in [6.07, 6.45) is 0. The van der Waals surface area contributed by atoms with Gasteiger partial charge < -0.3 is 14.2 Å². The van der Waals surface area contributed by atoms with Gasteiger partial charge in [-0.25, -0.2) is 0 Å². The lowest BCUT2D eigenvalue weighted by molar-refractivity contribution is 0.436. The summed E-state index contributed by atoms with van der Waals surface area (Å²) in [5, 5.41) is 2.48. The summed E-state index contributed by atoms with van der Waals surface area (Å²) in [5.74, 6) is 1.78. The summed E-state index contributed by atoms with van der Waals surface area (Å²) >= 11 is 1.88. The molecule has 3 heterocycles. The second kappa shape index (κ2) is 16.4. The van der Waals surface area contributed by atoms with Gasteiger partial charge in [0.2, 0.25) is 0 Å². The van der Waals surface area contributed by atoms with Crippen LogP contribution in [0.3, 0.4) is 0 Å². The summed E-state index contributed by atoms with van der Waals surface area (Å²) in [5.41, 5.74) is 23.0. The Labute approximate surface area is 456 Å². The normalized spacial score (nSPS) is 14.2. The minimum atomic E-state index is -0.576. The van der Waals surface area contributed by atoms with E-state index in [2.05, 4.69) is 289 Å². The van der Waals surface area contributed by atoms with Gasteiger partial charge >= 0.3 is 0 Å². The molecule has 13 aromatic rings. The highest BCUT2D eigenvalue weighted by Crippen LogP contribution is 2.65. The van der Waals surface area contributed by atoms with Crippen molar-refractivity contribution in [1.82, 2.24) is 4.57 Å². The number of aromatic nitrogens is 1. The van der Waals surface area contributed by atoms with Crippen LogP contribution in [0.15, 0.2) is 289 Å². The van der Waals surface area contributed by atoms with E-state index in [1.165, 1.54) is 87.2 Å². The third-order valence-corrected chi connectivity index (χ3v) is 18.5. The van der Waals surface area contributed by atoms with E-state index < -0.39 is 10.8 Å². The number of ether oxygens (including phenoxy) is 1. The summed E-state index contributed by atoms with van der Waals surface area (Å²) in [7, 11) is 0. The lowest BCUT2D eigenvalue weighted by Gasteiger charge is -2.40. The number of benzene rings is 12. The molecule has 4 heteroatoms. The van der Waals surface area contributed by atoms with E-state index in [0.717, 1.165) is 56.5 Å². The maximum Gasteiger partial charge on any atom is 0.132 e. The second-order valence-corrected chi connectivity index (χ2v) is 22.1. The lowest BCUT2D eigenvalue weighted by atomic mass is 9.66. The van der Waals surface area contributed by atoms with Crippen LogP contribution >= 0.6 is 11.8 Å². The molecule has 4 aliphatic rings. The molecule has 1 aromatic heterocycles. The first-order valence-corrected chi connectivity index (χ1v) is 27.7. The Bertz CT molecular complexity index is 4570. The second-order valence-electron chi connectivity index (χ2n) is 21.0. The van der Waals surface area contributed by atoms with Gasteiger partial charge in [0.1, 0.15) is 11.5 Å². The van der Waals surface area contributed by atoms with Gasteiger partial charge in [0.25, 0.3) is 0 Å². The molecule has 2 spiro atoms. The first kappa shape index (κ1) is 43.6. The van der Waals surface area contributed by atoms with E-state index in [4.69, 9.17) is 4.74 Å². The molecule has 0 fully saturated rings. The molecule has 17 rings (SSSR count). The monoisotopic (exact) mass is 1010 g/mol. The molecule has 0 amide bonds. The Morgan fingerprint density at radius 3 is 1.55 bits per heavy atom. The standard InChI is InChI=1S/C74H46N2OS/c1-2-20-49(21-3-1)76-67-32-13-6-25-56(67)57-40-37-48(44-68(57)76)47-19-18-22-50(43-47)75(51-39-42-61-58(45-51)54-24-5-8-27-60(54)73(61)62-28-9-14-33-69(62)77-70-34-15-10-29-63(70)73)52-38-41-55-53-23-4-7-26-59(53)74(66(55)46-52)64-30-11-16-35-71(64)78-72-36-17-12-31-65(72)74/h1-46H. The van der Waals surface area contributed by atoms with Crippen molar-refractivity contribution in [1.29, 1.82) is 0 Å². The van der Waals surface area contributed by atoms with Crippen LogP contribution in [0.2, 0.25) is 0 Å². The van der Waals surface area contributed by atoms with Crippen LogP contribution < -0.4 is 9.64 Å². The van der Waals surface area contributed by atoms with E-state index in [1.54, 1.807) is 0 Å². The van der Waals surface area contributed by atoms with Crippen LogP contribution in [0.25, 0.3) is 60.9 Å². The van der Waals surface area contributed by atoms with E-state index in [9.17, 15) is 0 Å². The van der Waals surface area contributed by atoms with Crippen LogP contribution in [-0.4, -0.2) is 4.57 Å². The van der Waals surface area contributed by atoms with Gasteiger partial charge in [-0.3, -0.25) is 0 Å². The van der Waals surface area contributed by atoms with Crippen molar-refractivity contribution >= 4 is 50.6 Å². The van der Waals surface area contributed by atoms with Crippen LogP contribution in [-0.2, 0) is 10.8 Å². The fourth-order valence-electron chi connectivity index (χ4n) is 14.2. The minimum Gasteiger partial charge on any atom is -0.457 e. The Hall–Kier alpha value is -9.61. The number of nitrogens with zero attached hydrogens (tertiary/aromatic N) is 2. The first-order valence-electron chi connectivity index (χ1n) is 26.9. The van der Waals surface area contributed by atoms with Crippen molar-refractivity contribution in [2.24, 2.45) is 0 Å². The predicted octanol–water partition coefficient (Wildman–Crippen LogP) is 19.2. The summed E-state index contributed by atoms with van der Waals surface area (Å²) < 4.78 is 9.14. The average molecular weight is 1010 g/mol. The zero-order chi connectivity index (χ0) is 51.1. The molecule has 0 N–H and O–H groups in total. The van der Waals surface area contributed by atoms with Crippen LogP contribution in [0.4, 0.5) is 17.1 Å². The average Bonchev–Trinajstić information content (AvgIpc) is 3.51. The molecule has 2 aliphatic heterocycles. The predicted molar refractivity (Wildman–Crippen MR) is 320 cm³/mol. The van der Waals surface area contributed by atoms with Gasteiger partial charge in [-0.15, -0.1) is 0 Å². The Morgan fingerprint density at radius 2 is 0.821 bits per heavy atom. The molecule has 0 unspecified atom stereocenters. The Kier molecular flexibility index (Phi) is 9.20. The summed E-state index contributed by atoms with van der Waals surface area (Å²) in [4.78, 5) is 5.09. The smallest absolute Gasteiger partial charge is 0.132 e. The number of hydrogen-bond donors (Lipinski definition) is 0. The fraction of sp³-hybridized carbons (Fsp3) is 0.0270. The molecule has 364 valence electrons. The van der Waals surface area contributed by atoms with Gasteiger partial charge in [0.15, 0.2) is 0 Å². The van der Waals surface area contributed by atoms with Crippen molar-refractivity contribution in [3.05, 3.63) is 324 Å². The van der Waals surface area contributed by atoms with E-state index in [1.807, 2.05) is 11.8 Å². The van der Waals surface area contributed by atoms with Crippen molar-refractivity contribution < 1.29 is 4.74 Å². The van der Waals surface area contributed by atoms with Gasteiger partial charge in [0.05, 0.1) is 21.9 Å². The molecule has 3 nitrogen and oxygen atoms in total. The Balaban J connectivity index is 0.914. The highest BCUT2D eigenvalue weighted by Gasteiger charge is 2.52. The molecule has 0 atom stereocenters. The van der Waals surface area contributed by atoms with E-state index in [0.29, 0.717) is 0 Å². The van der Waals surface area contributed by atoms with Crippen LogP contribution in [0.5, 0.6) is 11.5 Å². The molecule has 78 heavy (non-hydrogen) atoms. The molecular formula is C74H46N2OS. The number of para-hydroxylation sites is 4. The SMILES string of the molecule is c1ccc(-n2c3ccccc3c3ccc(-c4cccc(N(c5ccc6c(c5)-c5ccccc5C65c6ccccc6Oc6ccccc65)c5ccc6c(c5)C5(c7ccccc7Sc7ccccc75)c5ccccc5-6)c4)cc32)cc1. The van der Waals surface area contributed by atoms with E-state index in [-0.39, 0.29) is 0 Å². The third kappa shape index (κ3) is 5.84. The largest absolute Gasteiger partial charge is 0.457 e. The minimum absolute atomic E-state index is 0.534. The zero-order valence-electron chi connectivity index (χ0n) is 42.3. The lowest BCUT2D eigenvalue weighted by Crippen LogP contribution is -2.32. The molecule has 0 radical (unpaired) electrons. The quantitative estimate of drug-likeness (QED) is 0.171. The van der Waals surface area contributed by atoms with Crippen LogP contribution in [0, 0.1) is 0 Å². The zero-order valence-corrected chi connectivity index (χ0v) is 43.1. The van der Waals surface area contributed by atoms with Crippen molar-refractivity contribution in [2.75, 3.05) is 4.90 Å². The van der Waals surface area contributed by atoms with Crippen molar-refractivity contribution in [3.63, 3.8) is 0 Å². The molecular weight excluding hydrogens is 965 g/mol. The number of anilines is 3. The molecule has 0 saturated carbocycles. The topological polar surface area (TPSA) is 17.4 Å². The Morgan fingerprint density at radius 1 is 0.308 bits per heavy atom. The third-order valence-electron chi connectivity index (χ3n) is 17.3. The van der Waals surface area contributed by atoms with Gasteiger partial charge in [-0.2, -0.15) is 0 Å². The fourth-order valence-corrected chi connectivity index (χ4v) is 15.4. The number of fused-ring (bicyclic) bond motifs is 21. The molecule has 0 bridgehead atoms. The molecule has 0 saturated heterocycles. The van der Waals surface area contributed by atoms with Crippen molar-refractivity contribution in [2.45, 2.75) is 20.6 Å². The maximum absolute atomic E-state index is 6.73. The van der Waals surface area contributed by atoms with Crippen LogP contribution in [0.1, 0.15) is 44.5 Å². The number of hydrogen-bond acceptors (Lipinski definition) is 3. The first-order chi connectivity index (χ1) is 38.7. The maximum atomic E-state index is 6.73. The van der Waals surface area contributed by atoms with Crippen molar-refractivity contribution in [3.8, 4) is 50.6 Å². The molecule has 12 aromatic carbocycles. The van der Waals surface area contributed by atoms with Gasteiger partial charge in [-0.1, -0.05) is 206 Å². The summed E-state index contributed by atoms with van der Waals surface area (Å²) in [6.45, 7) is 0. The highest BCUT2D eigenvalue weighted by molar-refractivity contribution is 7.99. The highest BCUT2D eigenvalue weighted by atomic mass is 32.2.